The third kappa shape index (κ3) is 2.02. The molecule has 0 bridgehead atoms. The van der Waals surface area contributed by atoms with Gasteiger partial charge >= 0.3 is 0 Å². The van der Waals surface area contributed by atoms with Crippen molar-refractivity contribution < 1.29 is 13.5 Å². The van der Waals surface area contributed by atoms with Crippen LogP contribution in [0.1, 0.15) is 24.8 Å². The van der Waals surface area contributed by atoms with Crippen LogP contribution < -0.4 is 10.1 Å². The molecule has 0 radical (unpaired) electrons. The molecule has 1 aliphatic carbocycles. The second-order valence-corrected chi connectivity index (χ2v) is 4.63. The van der Waals surface area contributed by atoms with E-state index in [-0.39, 0.29) is 17.0 Å². The normalized spacial score (nSPS) is 17.6. The van der Waals surface area contributed by atoms with Gasteiger partial charge in [0.2, 0.25) is 0 Å². The van der Waals surface area contributed by atoms with Crippen LogP contribution in [0.2, 0.25) is 0 Å². The highest BCUT2D eigenvalue weighted by Crippen LogP contribution is 2.45. The summed E-state index contributed by atoms with van der Waals surface area (Å²) in [6, 6.07) is 2.42. The molecule has 0 spiro atoms. The monoisotopic (exact) mass is 241 g/mol. The van der Waals surface area contributed by atoms with E-state index in [9.17, 15) is 8.78 Å². The molecule has 0 aliphatic heterocycles. The van der Waals surface area contributed by atoms with Crippen molar-refractivity contribution >= 4 is 0 Å². The molecule has 2 nitrogen and oxygen atoms in total. The van der Waals surface area contributed by atoms with Gasteiger partial charge in [-0.2, -0.15) is 0 Å². The average molecular weight is 241 g/mol. The molecule has 1 saturated carbocycles. The Kier molecular flexibility index (Phi) is 3.33. The van der Waals surface area contributed by atoms with Crippen molar-refractivity contribution in [1.82, 2.24) is 5.32 Å². The van der Waals surface area contributed by atoms with E-state index in [4.69, 9.17) is 4.74 Å². The Morgan fingerprint density at radius 3 is 2.47 bits per heavy atom. The highest BCUT2D eigenvalue weighted by atomic mass is 19.1. The number of likely N-dealkylation sites (N-methyl/N-ethyl adjacent to an activating group) is 1. The summed E-state index contributed by atoms with van der Waals surface area (Å²) in [5, 5.41) is 3.06. The van der Waals surface area contributed by atoms with E-state index in [1.807, 2.05) is 7.05 Å². The van der Waals surface area contributed by atoms with Crippen molar-refractivity contribution in [3.8, 4) is 5.75 Å². The molecule has 17 heavy (non-hydrogen) atoms. The number of methoxy groups -OCH3 is 1. The van der Waals surface area contributed by atoms with Crippen LogP contribution >= 0.6 is 0 Å². The highest BCUT2D eigenvalue weighted by molar-refractivity contribution is 5.37. The Hall–Kier alpha value is -1.16. The van der Waals surface area contributed by atoms with Gasteiger partial charge in [-0.25, -0.2) is 8.78 Å². The van der Waals surface area contributed by atoms with E-state index < -0.39 is 5.82 Å². The summed E-state index contributed by atoms with van der Waals surface area (Å²) < 4.78 is 32.4. The average Bonchev–Trinajstić information content (AvgIpc) is 2.26. The van der Waals surface area contributed by atoms with Gasteiger partial charge in [0.15, 0.2) is 11.6 Å². The van der Waals surface area contributed by atoms with Crippen LogP contribution in [0, 0.1) is 11.6 Å². The fourth-order valence-electron chi connectivity index (χ4n) is 2.57. The number of hydrogen-bond acceptors (Lipinski definition) is 2. The zero-order valence-electron chi connectivity index (χ0n) is 10.1. The van der Waals surface area contributed by atoms with Gasteiger partial charge in [0, 0.05) is 18.0 Å². The Morgan fingerprint density at radius 2 is 2.00 bits per heavy atom. The number of halogens is 2. The molecule has 2 rings (SSSR count). The van der Waals surface area contributed by atoms with Crippen LogP contribution in [-0.4, -0.2) is 20.7 Å². The second kappa shape index (κ2) is 4.61. The highest BCUT2D eigenvalue weighted by Gasteiger charge is 2.40. The first-order valence-electron chi connectivity index (χ1n) is 5.81. The Bertz CT molecular complexity index is 416. The van der Waals surface area contributed by atoms with E-state index in [0.29, 0.717) is 12.1 Å². The third-order valence-corrected chi connectivity index (χ3v) is 3.64. The van der Waals surface area contributed by atoms with Crippen molar-refractivity contribution in [2.75, 3.05) is 20.7 Å². The summed E-state index contributed by atoms with van der Waals surface area (Å²) >= 11 is 0. The molecule has 0 aromatic heterocycles. The molecule has 1 aromatic carbocycles. The predicted octanol–water partition coefficient (Wildman–Crippen LogP) is 2.61. The molecule has 4 heteroatoms. The maximum absolute atomic E-state index is 14.0. The SMILES string of the molecule is CNCC1(c2cc(F)c(OC)cc2F)CCC1. The maximum Gasteiger partial charge on any atom is 0.165 e. The standard InChI is InChI=1S/C13H17F2NO/c1-16-8-13(4-3-5-13)9-6-11(15)12(17-2)7-10(9)14/h6-7,16H,3-5,8H2,1-2H3. The zero-order chi connectivity index (χ0) is 12.5. The van der Waals surface area contributed by atoms with Crippen molar-refractivity contribution in [2.24, 2.45) is 0 Å². The minimum absolute atomic E-state index is 0.0369. The topological polar surface area (TPSA) is 21.3 Å². The molecule has 0 amide bonds. The number of nitrogens with one attached hydrogen (secondary N) is 1. The molecule has 0 unspecified atom stereocenters. The van der Waals surface area contributed by atoms with Gasteiger partial charge in [-0.15, -0.1) is 0 Å². The van der Waals surface area contributed by atoms with Gasteiger partial charge in [-0.05, 0) is 31.5 Å². The van der Waals surface area contributed by atoms with E-state index in [1.54, 1.807) is 0 Å². The number of rotatable bonds is 4. The summed E-state index contributed by atoms with van der Waals surface area (Å²) in [4.78, 5) is 0. The van der Waals surface area contributed by atoms with E-state index in [0.717, 1.165) is 25.3 Å². The quantitative estimate of drug-likeness (QED) is 0.875. The van der Waals surface area contributed by atoms with Gasteiger partial charge in [-0.3, -0.25) is 0 Å². The first-order chi connectivity index (χ1) is 8.13. The third-order valence-electron chi connectivity index (χ3n) is 3.64. The summed E-state index contributed by atoms with van der Waals surface area (Å²) in [6.45, 7) is 0.676. The molecule has 0 saturated heterocycles. The van der Waals surface area contributed by atoms with Crippen LogP contribution in [0.5, 0.6) is 5.75 Å². The lowest BCUT2D eigenvalue weighted by Gasteiger charge is -2.42. The predicted molar refractivity (Wildman–Crippen MR) is 62.4 cm³/mol. The smallest absolute Gasteiger partial charge is 0.165 e. The minimum atomic E-state index is -0.494. The molecule has 1 aliphatic rings. The molecule has 1 aromatic rings. The van der Waals surface area contributed by atoms with E-state index >= 15 is 0 Å². The van der Waals surface area contributed by atoms with Gasteiger partial charge in [0.05, 0.1) is 7.11 Å². The van der Waals surface area contributed by atoms with Crippen LogP contribution in [0.4, 0.5) is 8.78 Å². The summed E-state index contributed by atoms with van der Waals surface area (Å²) in [7, 11) is 3.17. The molecular formula is C13H17F2NO. The van der Waals surface area contributed by atoms with Gasteiger partial charge in [0.25, 0.3) is 0 Å². The lowest BCUT2D eigenvalue weighted by molar-refractivity contribution is 0.229. The van der Waals surface area contributed by atoms with Crippen LogP contribution in [0.25, 0.3) is 0 Å². The van der Waals surface area contributed by atoms with Gasteiger partial charge in [0.1, 0.15) is 5.82 Å². The molecule has 94 valence electrons. The summed E-state index contributed by atoms with van der Waals surface area (Å²) in [5.41, 5.74) is 0.225. The summed E-state index contributed by atoms with van der Waals surface area (Å²) in [5.74, 6) is -0.908. The summed E-state index contributed by atoms with van der Waals surface area (Å²) in [6.07, 6.45) is 2.86. The Labute approximate surface area is 100.0 Å². The zero-order valence-corrected chi connectivity index (χ0v) is 10.1. The van der Waals surface area contributed by atoms with Crippen LogP contribution in [0.15, 0.2) is 12.1 Å². The Balaban J connectivity index is 2.41. The molecular weight excluding hydrogens is 224 g/mol. The lowest BCUT2D eigenvalue weighted by Crippen LogP contribution is -2.43. The second-order valence-electron chi connectivity index (χ2n) is 4.63. The lowest BCUT2D eigenvalue weighted by atomic mass is 9.64. The van der Waals surface area contributed by atoms with Gasteiger partial charge < -0.3 is 10.1 Å². The van der Waals surface area contributed by atoms with Crippen molar-refractivity contribution in [3.63, 3.8) is 0 Å². The molecule has 1 fully saturated rings. The van der Waals surface area contributed by atoms with Crippen molar-refractivity contribution in [3.05, 3.63) is 29.3 Å². The van der Waals surface area contributed by atoms with Crippen LogP contribution in [-0.2, 0) is 5.41 Å². The molecule has 1 N–H and O–H groups in total. The largest absolute Gasteiger partial charge is 0.494 e. The van der Waals surface area contributed by atoms with Crippen molar-refractivity contribution in [2.45, 2.75) is 24.7 Å². The van der Waals surface area contributed by atoms with E-state index in [1.165, 1.54) is 13.2 Å². The Morgan fingerprint density at radius 1 is 1.29 bits per heavy atom. The molecule has 0 atom stereocenters. The van der Waals surface area contributed by atoms with Crippen molar-refractivity contribution in [1.29, 1.82) is 0 Å². The van der Waals surface area contributed by atoms with Crippen LogP contribution in [0.3, 0.4) is 0 Å². The first kappa shape index (κ1) is 12.3. The number of hydrogen-bond donors (Lipinski definition) is 1. The number of benzene rings is 1. The fraction of sp³-hybridized carbons (Fsp3) is 0.538. The fourth-order valence-corrected chi connectivity index (χ4v) is 2.57. The maximum atomic E-state index is 14.0. The minimum Gasteiger partial charge on any atom is -0.494 e. The van der Waals surface area contributed by atoms with Gasteiger partial charge in [-0.1, -0.05) is 6.42 Å². The first-order valence-corrected chi connectivity index (χ1v) is 5.81. The number of ether oxygens (including phenoxy) is 1. The van der Waals surface area contributed by atoms with E-state index in [2.05, 4.69) is 5.32 Å². The molecule has 0 heterocycles.